The lowest BCUT2D eigenvalue weighted by molar-refractivity contribution is 0.102. The van der Waals surface area contributed by atoms with Crippen LogP contribution in [0.25, 0.3) is 5.69 Å². The highest BCUT2D eigenvalue weighted by molar-refractivity contribution is 14.1. The molecule has 7 heteroatoms. The number of halogens is 1. The van der Waals surface area contributed by atoms with Gasteiger partial charge >= 0.3 is 0 Å². The molecule has 0 bridgehead atoms. The Hall–Kier alpha value is -2.00. The van der Waals surface area contributed by atoms with Gasteiger partial charge in [-0.2, -0.15) is 5.10 Å². The fourth-order valence-corrected chi connectivity index (χ4v) is 5.19. The minimum absolute atomic E-state index is 0.189. The number of nitrogens with one attached hydrogen (secondary N) is 1. The molecular weight excluding hydrogens is 473 g/mol. The van der Waals surface area contributed by atoms with E-state index in [4.69, 9.17) is 0 Å². The van der Waals surface area contributed by atoms with Crippen LogP contribution in [0.4, 0.5) is 5.82 Å². The lowest BCUT2D eigenvalue weighted by atomic mass is 10.1. The Kier molecular flexibility index (Phi) is 4.90. The molecule has 1 unspecified atom stereocenters. The molecule has 1 amide bonds. The summed E-state index contributed by atoms with van der Waals surface area (Å²) in [4.78, 5) is 12.9. The zero-order valence-electron chi connectivity index (χ0n) is 15.0. The van der Waals surface area contributed by atoms with E-state index in [1.165, 1.54) is 5.56 Å². The number of carbonyl (C=O) groups is 1. The van der Waals surface area contributed by atoms with E-state index in [1.807, 2.05) is 44.2 Å². The van der Waals surface area contributed by atoms with Crippen molar-refractivity contribution < 1.29 is 9.00 Å². The normalized spacial score (nSPS) is 15.6. The number of hydrogen-bond acceptors (Lipinski definition) is 3. The Balaban J connectivity index is 1.80. The topological polar surface area (TPSA) is 64.0 Å². The third-order valence-electron chi connectivity index (χ3n) is 4.60. The molecule has 1 atom stereocenters. The van der Waals surface area contributed by atoms with Gasteiger partial charge in [-0.3, -0.25) is 9.00 Å². The number of nitrogens with zero attached hydrogens (tertiary/aromatic N) is 2. The fraction of sp³-hybridized carbons (Fsp3) is 0.200. The second-order valence-corrected chi connectivity index (χ2v) is 9.26. The van der Waals surface area contributed by atoms with Crippen LogP contribution < -0.4 is 5.32 Å². The summed E-state index contributed by atoms with van der Waals surface area (Å²) in [7, 11) is -0.964. The maximum absolute atomic E-state index is 12.9. The van der Waals surface area contributed by atoms with Gasteiger partial charge in [0.2, 0.25) is 0 Å². The van der Waals surface area contributed by atoms with Crippen LogP contribution in [0.15, 0.2) is 42.5 Å². The van der Waals surface area contributed by atoms with Crippen molar-refractivity contribution in [3.8, 4) is 5.69 Å². The Morgan fingerprint density at radius 1 is 1.19 bits per heavy atom. The minimum Gasteiger partial charge on any atom is -0.306 e. The predicted molar refractivity (Wildman–Crippen MR) is 116 cm³/mol. The second-order valence-electron chi connectivity index (χ2n) is 6.64. The van der Waals surface area contributed by atoms with E-state index in [0.717, 1.165) is 26.1 Å². The summed E-state index contributed by atoms with van der Waals surface area (Å²) in [6.07, 6.45) is 0. The lowest BCUT2D eigenvalue weighted by Gasteiger charge is -2.14. The average molecular weight is 491 g/mol. The van der Waals surface area contributed by atoms with Crippen LogP contribution >= 0.6 is 22.6 Å². The van der Waals surface area contributed by atoms with E-state index in [0.29, 0.717) is 22.9 Å². The van der Waals surface area contributed by atoms with Gasteiger partial charge < -0.3 is 5.32 Å². The Morgan fingerprint density at radius 2 is 1.96 bits per heavy atom. The Labute approximate surface area is 173 Å². The highest BCUT2D eigenvalue weighted by atomic mass is 127. The molecular formula is C20H18IN3O2S. The zero-order valence-corrected chi connectivity index (χ0v) is 17.9. The number of carbonyl (C=O) groups excluding carboxylic acids is 1. The predicted octanol–water partition coefficient (Wildman–Crippen LogP) is 4.11. The van der Waals surface area contributed by atoms with Gasteiger partial charge in [0.25, 0.3) is 5.91 Å². The molecule has 0 aliphatic carbocycles. The van der Waals surface area contributed by atoms with Crippen molar-refractivity contribution >= 4 is 45.1 Å². The van der Waals surface area contributed by atoms with Crippen LogP contribution in [0.2, 0.25) is 0 Å². The number of amides is 1. The summed E-state index contributed by atoms with van der Waals surface area (Å²) in [5.74, 6) is 1.28. The molecule has 27 heavy (non-hydrogen) atoms. The summed E-state index contributed by atoms with van der Waals surface area (Å²) in [6.45, 7) is 4.07. The van der Waals surface area contributed by atoms with E-state index in [9.17, 15) is 9.00 Å². The molecule has 0 fully saturated rings. The minimum atomic E-state index is -0.964. The second kappa shape index (κ2) is 7.20. The smallest absolute Gasteiger partial charge is 0.257 e. The van der Waals surface area contributed by atoms with Gasteiger partial charge in [0.15, 0.2) is 0 Å². The first-order chi connectivity index (χ1) is 12.9. The first-order valence-corrected chi connectivity index (χ1v) is 11.1. The molecule has 1 aliphatic heterocycles. The van der Waals surface area contributed by atoms with Crippen molar-refractivity contribution in [1.82, 2.24) is 9.78 Å². The van der Waals surface area contributed by atoms with Gasteiger partial charge in [0, 0.05) is 19.9 Å². The molecule has 4 rings (SSSR count). The van der Waals surface area contributed by atoms with Crippen molar-refractivity contribution in [3.05, 3.63) is 74.0 Å². The van der Waals surface area contributed by atoms with Crippen molar-refractivity contribution in [2.75, 3.05) is 5.32 Å². The maximum atomic E-state index is 12.9. The first kappa shape index (κ1) is 18.4. The van der Waals surface area contributed by atoms with Crippen molar-refractivity contribution in [2.45, 2.75) is 25.4 Å². The van der Waals surface area contributed by atoms with E-state index < -0.39 is 10.8 Å². The van der Waals surface area contributed by atoms with Crippen LogP contribution in [0.3, 0.4) is 0 Å². The van der Waals surface area contributed by atoms with E-state index in [-0.39, 0.29) is 5.91 Å². The molecule has 0 saturated heterocycles. The Morgan fingerprint density at radius 3 is 2.70 bits per heavy atom. The van der Waals surface area contributed by atoms with Crippen LogP contribution in [0, 0.1) is 17.4 Å². The molecule has 0 spiro atoms. The quantitative estimate of drug-likeness (QED) is 0.562. The van der Waals surface area contributed by atoms with Crippen LogP contribution in [0.1, 0.15) is 32.7 Å². The standard InChI is InChI=1S/C20H18IN3O2S/c1-12-7-8-18(13(2)9-12)24-19(15-10-27(26)11-17(15)23-24)22-20(25)14-5-3-4-6-16(14)21/h3-9H,10-11H2,1-2H3,(H,22,25). The molecule has 138 valence electrons. The third kappa shape index (κ3) is 3.45. The van der Waals surface area contributed by atoms with Gasteiger partial charge in [-0.1, -0.05) is 29.8 Å². The molecule has 1 aliphatic rings. The molecule has 3 aromatic rings. The summed E-state index contributed by atoms with van der Waals surface area (Å²) in [5, 5.41) is 7.71. The number of fused-ring (bicyclic) bond motifs is 1. The fourth-order valence-electron chi connectivity index (χ4n) is 3.29. The van der Waals surface area contributed by atoms with Crippen LogP contribution in [0.5, 0.6) is 0 Å². The third-order valence-corrected chi connectivity index (χ3v) is 6.75. The monoisotopic (exact) mass is 491 g/mol. The molecule has 0 radical (unpaired) electrons. The zero-order chi connectivity index (χ0) is 19.1. The van der Waals surface area contributed by atoms with Gasteiger partial charge in [0.1, 0.15) is 5.82 Å². The van der Waals surface area contributed by atoms with Gasteiger partial charge in [-0.05, 0) is 60.2 Å². The lowest BCUT2D eigenvalue weighted by Crippen LogP contribution is -2.18. The molecule has 1 aromatic heterocycles. The summed E-state index contributed by atoms with van der Waals surface area (Å²) in [6, 6.07) is 13.6. The number of anilines is 1. The van der Waals surface area contributed by atoms with E-state index >= 15 is 0 Å². The molecule has 5 nitrogen and oxygen atoms in total. The largest absolute Gasteiger partial charge is 0.306 e. The number of aryl methyl sites for hydroxylation is 2. The molecule has 2 aromatic carbocycles. The Bertz CT molecular complexity index is 1090. The van der Waals surface area contributed by atoms with Crippen molar-refractivity contribution in [2.24, 2.45) is 0 Å². The summed E-state index contributed by atoms with van der Waals surface area (Å²) in [5.41, 5.74) is 5.43. The van der Waals surface area contributed by atoms with E-state index in [2.05, 4.69) is 39.1 Å². The molecule has 0 saturated carbocycles. The number of benzene rings is 2. The van der Waals surface area contributed by atoms with Crippen LogP contribution in [-0.4, -0.2) is 19.9 Å². The van der Waals surface area contributed by atoms with Crippen LogP contribution in [-0.2, 0) is 22.3 Å². The van der Waals surface area contributed by atoms with Gasteiger partial charge in [-0.15, -0.1) is 0 Å². The molecule has 2 heterocycles. The summed E-state index contributed by atoms with van der Waals surface area (Å²) < 4.78 is 14.7. The van der Waals surface area contributed by atoms with Gasteiger partial charge in [0.05, 0.1) is 28.5 Å². The number of aromatic nitrogens is 2. The van der Waals surface area contributed by atoms with Crippen molar-refractivity contribution in [1.29, 1.82) is 0 Å². The average Bonchev–Trinajstić information content (AvgIpc) is 3.12. The highest BCUT2D eigenvalue weighted by Crippen LogP contribution is 2.32. The number of hydrogen-bond donors (Lipinski definition) is 1. The first-order valence-electron chi connectivity index (χ1n) is 8.53. The highest BCUT2D eigenvalue weighted by Gasteiger charge is 2.29. The number of rotatable bonds is 3. The SMILES string of the molecule is Cc1ccc(-n2nc3c(c2NC(=O)c2ccccc2I)CS(=O)C3)c(C)c1. The summed E-state index contributed by atoms with van der Waals surface area (Å²) >= 11 is 2.15. The van der Waals surface area contributed by atoms with Crippen molar-refractivity contribution in [3.63, 3.8) is 0 Å². The van der Waals surface area contributed by atoms with Gasteiger partial charge in [-0.25, -0.2) is 4.68 Å². The maximum Gasteiger partial charge on any atom is 0.257 e. The van der Waals surface area contributed by atoms with E-state index in [1.54, 1.807) is 10.7 Å². The molecule has 1 N–H and O–H groups in total.